The summed E-state index contributed by atoms with van der Waals surface area (Å²) in [5, 5.41) is 21.6. The van der Waals surface area contributed by atoms with Crippen LogP contribution in [0.5, 0.6) is 0 Å². The Morgan fingerprint density at radius 1 is 0.605 bits per heavy atom. The van der Waals surface area contributed by atoms with Gasteiger partial charge in [0.05, 0.1) is 32.1 Å². The van der Waals surface area contributed by atoms with E-state index in [9.17, 15) is 15.0 Å². The molecule has 2 rings (SSSR count). The molecule has 0 aliphatic carbocycles. The lowest BCUT2D eigenvalue weighted by Crippen LogP contribution is -2.50. The van der Waals surface area contributed by atoms with Crippen LogP contribution in [0.25, 0.3) is 0 Å². The first-order valence-electron chi connectivity index (χ1n) is 15.3. The summed E-state index contributed by atoms with van der Waals surface area (Å²) < 4.78 is 1.44. The van der Waals surface area contributed by atoms with Crippen LogP contribution in [-0.2, 0) is 10.4 Å². The molecule has 38 heavy (non-hydrogen) atoms. The summed E-state index contributed by atoms with van der Waals surface area (Å²) in [4.78, 5) is 11.3. The molecule has 0 saturated carbocycles. The number of carboxylic acids is 1. The van der Waals surface area contributed by atoms with Gasteiger partial charge < -0.3 is 19.5 Å². The number of unbranched alkanes of at least 4 members (excludes halogenated alkanes) is 8. The average Bonchev–Trinajstić information content (AvgIpc) is 2.94. The van der Waals surface area contributed by atoms with Crippen LogP contribution >= 0.6 is 0 Å². The number of carbonyl (C=O) groups excluding carboxylic acids is 1. The zero-order valence-corrected chi connectivity index (χ0v) is 24.8. The SMILES string of the molecule is CCCCC[N+](CCCCC)(CCCCC)CCCCC.O=C([O-])C(O)(c1ccccc1)c1ccccc1. The minimum Gasteiger partial charge on any atom is -0.546 e. The molecule has 0 fully saturated rings. The molecule has 0 radical (unpaired) electrons. The van der Waals surface area contributed by atoms with Crippen molar-refractivity contribution in [1.82, 2.24) is 0 Å². The summed E-state index contributed by atoms with van der Waals surface area (Å²) in [6.45, 7) is 15.1. The summed E-state index contributed by atoms with van der Waals surface area (Å²) in [6.07, 6.45) is 16.9. The van der Waals surface area contributed by atoms with Crippen molar-refractivity contribution in [2.75, 3.05) is 26.2 Å². The van der Waals surface area contributed by atoms with Crippen molar-refractivity contribution in [1.29, 1.82) is 0 Å². The predicted octanol–water partition coefficient (Wildman–Crippen LogP) is 7.24. The Labute approximate surface area is 233 Å². The third kappa shape index (κ3) is 11.7. The van der Waals surface area contributed by atoms with E-state index in [1.165, 1.54) is 108 Å². The number of quaternary nitrogens is 1. The lowest BCUT2D eigenvalue weighted by atomic mass is 9.86. The van der Waals surface area contributed by atoms with Crippen LogP contribution < -0.4 is 5.11 Å². The van der Waals surface area contributed by atoms with Crippen molar-refractivity contribution in [2.45, 2.75) is 110 Å². The van der Waals surface area contributed by atoms with Crippen molar-refractivity contribution in [2.24, 2.45) is 0 Å². The van der Waals surface area contributed by atoms with Crippen LogP contribution in [0.4, 0.5) is 0 Å². The molecule has 2 aromatic rings. The summed E-state index contributed by atoms with van der Waals surface area (Å²) >= 11 is 0. The molecule has 0 spiro atoms. The maximum absolute atomic E-state index is 11.3. The van der Waals surface area contributed by atoms with Gasteiger partial charge in [0, 0.05) is 0 Å². The third-order valence-electron chi connectivity index (χ3n) is 7.62. The monoisotopic (exact) mass is 525 g/mol. The molecule has 0 heterocycles. The molecule has 0 saturated heterocycles. The second-order valence-electron chi connectivity index (χ2n) is 10.8. The van der Waals surface area contributed by atoms with Crippen molar-refractivity contribution < 1.29 is 19.5 Å². The van der Waals surface area contributed by atoms with Gasteiger partial charge in [-0.05, 0) is 62.5 Å². The first kappa shape index (κ1) is 33.9. The fourth-order valence-electron chi connectivity index (χ4n) is 5.22. The number of aliphatic carboxylic acids is 1. The molecule has 4 nitrogen and oxygen atoms in total. The molecule has 4 heteroatoms. The lowest BCUT2D eigenvalue weighted by Gasteiger charge is -2.39. The highest BCUT2D eigenvalue weighted by Crippen LogP contribution is 2.28. The topological polar surface area (TPSA) is 60.4 Å². The number of nitrogens with zero attached hydrogens (tertiary/aromatic N) is 1. The number of hydrogen-bond donors (Lipinski definition) is 1. The third-order valence-corrected chi connectivity index (χ3v) is 7.62. The maximum atomic E-state index is 11.3. The van der Waals surface area contributed by atoms with E-state index in [-0.39, 0.29) is 11.1 Å². The molecule has 2 aromatic carbocycles. The molecule has 0 aliphatic heterocycles. The van der Waals surface area contributed by atoms with E-state index in [2.05, 4.69) is 27.7 Å². The largest absolute Gasteiger partial charge is 0.546 e. The van der Waals surface area contributed by atoms with Gasteiger partial charge in [0.15, 0.2) is 5.60 Å². The van der Waals surface area contributed by atoms with Gasteiger partial charge in [-0.15, -0.1) is 0 Å². The molecular weight excluding hydrogens is 470 g/mol. The van der Waals surface area contributed by atoms with E-state index < -0.39 is 11.6 Å². The fourth-order valence-corrected chi connectivity index (χ4v) is 5.22. The zero-order chi connectivity index (χ0) is 28.1. The highest BCUT2D eigenvalue weighted by atomic mass is 16.4. The minimum atomic E-state index is -2.11. The van der Waals surface area contributed by atoms with Gasteiger partial charge in [-0.25, -0.2) is 0 Å². The van der Waals surface area contributed by atoms with E-state index in [1.54, 1.807) is 60.7 Å². The quantitative estimate of drug-likeness (QED) is 0.155. The van der Waals surface area contributed by atoms with E-state index in [0.717, 1.165) is 0 Å². The summed E-state index contributed by atoms with van der Waals surface area (Å²) in [7, 11) is 0. The van der Waals surface area contributed by atoms with Gasteiger partial charge in [-0.3, -0.25) is 0 Å². The van der Waals surface area contributed by atoms with Crippen LogP contribution in [0, 0.1) is 0 Å². The number of carbonyl (C=O) groups is 1. The van der Waals surface area contributed by atoms with Gasteiger partial charge >= 0.3 is 0 Å². The number of hydrogen-bond acceptors (Lipinski definition) is 3. The smallest absolute Gasteiger partial charge is 0.154 e. The van der Waals surface area contributed by atoms with E-state index in [4.69, 9.17) is 0 Å². The standard InChI is InChI=1S/C20H44N.C14H12O3/c1-5-9-13-17-21(18-14-10-6-2,19-15-11-7-3)20-16-12-8-4;15-13(16)14(17,11-7-3-1-4-8-11)12-9-5-2-6-10-12/h5-20H2,1-4H3;1-10,17H,(H,15,16)/q+1;/p-1. The van der Waals surface area contributed by atoms with E-state index in [0.29, 0.717) is 0 Å². The molecular formula is C34H55NO3. The average molecular weight is 526 g/mol. The Hall–Kier alpha value is -2.17. The number of benzene rings is 2. The molecule has 214 valence electrons. The number of carboxylic acid groups (broad SMARTS) is 1. The number of aliphatic hydroxyl groups is 1. The highest BCUT2D eigenvalue weighted by Gasteiger charge is 2.33. The maximum Gasteiger partial charge on any atom is 0.154 e. The fraction of sp³-hybridized carbons (Fsp3) is 0.618. The second-order valence-corrected chi connectivity index (χ2v) is 10.8. The summed E-state index contributed by atoms with van der Waals surface area (Å²) in [5.41, 5.74) is -1.54. The van der Waals surface area contributed by atoms with Crippen LogP contribution in [0.2, 0.25) is 0 Å². The van der Waals surface area contributed by atoms with Crippen LogP contribution in [0.3, 0.4) is 0 Å². The van der Waals surface area contributed by atoms with Crippen molar-refractivity contribution in [3.8, 4) is 0 Å². The van der Waals surface area contributed by atoms with Crippen molar-refractivity contribution >= 4 is 5.97 Å². The van der Waals surface area contributed by atoms with E-state index in [1.807, 2.05) is 0 Å². The van der Waals surface area contributed by atoms with E-state index >= 15 is 0 Å². The molecule has 0 aromatic heterocycles. The van der Waals surface area contributed by atoms with Crippen LogP contribution in [0.15, 0.2) is 60.7 Å². The number of rotatable bonds is 19. The Morgan fingerprint density at radius 3 is 1.13 bits per heavy atom. The van der Waals surface area contributed by atoms with Crippen LogP contribution in [-0.4, -0.2) is 41.7 Å². The van der Waals surface area contributed by atoms with Gasteiger partial charge in [0.1, 0.15) is 0 Å². The first-order valence-corrected chi connectivity index (χ1v) is 15.3. The Kier molecular flexibility index (Phi) is 17.7. The Morgan fingerprint density at radius 2 is 0.895 bits per heavy atom. The first-order chi connectivity index (χ1) is 18.4. The van der Waals surface area contributed by atoms with Gasteiger partial charge in [-0.1, -0.05) is 114 Å². The van der Waals surface area contributed by atoms with Gasteiger partial charge in [0.2, 0.25) is 0 Å². The molecule has 0 unspecified atom stereocenters. The van der Waals surface area contributed by atoms with Crippen LogP contribution in [0.1, 0.15) is 116 Å². The zero-order valence-electron chi connectivity index (χ0n) is 24.8. The van der Waals surface area contributed by atoms with Crippen molar-refractivity contribution in [3.05, 3.63) is 71.8 Å². The molecule has 0 bridgehead atoms. The molecule has 0 atom stereocenters. The molecule has 0 amide bonds. The van der Waals surface area contributed by atoms with Gasteiger partial charge in [-0.2, -0.15) is 0 Å². The minimum absolute atomic E-state index is 0.284. The summed E-state index contributed by atoms with van der Waals surface area (Å²) in [5.74, 6) is -1.53. The molecule has 1 N–H and O–H groups in total. The second kappa shape index (κ2) is 19.8. The molecule has 0 aliphatic rings. The summed E-state index contributed by atoms with van der Waals surface area (Å²) in [6, 6.07) is 16.4. The normalized spacial score (nSPS) is 11.6. The lowest BCUT2D eigenvalue weighted by molar-refractivity contribution is -0.929. The van der Waals surface area contributed by atoms with Gasteiger partial charge in [0.25, 0.3) is 0 Å². The Balaban J connectivity index is 0.000000386. The highest BCUT2D eigenvalue weighted by molar-refractivity contribution is 5.81. The Bertz CT molecular complexity index is 752. The van der Waals surface area contributed by atoms with Crippen molar-refractivity contribution in [3.63, 3.8) is 0 Å². The predicted molar refractivity (Wildman–Crippen MR) is 159 cm³/mol.